The summed E-state index contributed by atoms with van der Waals surface area (Å²) in [4.78, 5) is 14.1. The predicted molar refractivity (Wildman–Crippen MR) is 110 cm³/mol. The minimum Gasteiger partial charge on any atom is -0.378 e. The van der Waals surface area contributed by atoms with Crippen molar-refractivity contribution in [1.82, 2.24) is 15.3 Å². The van der Waals surface area contributed by atoms with E-state index in [1.807, 2.05) is 0 Å². The Morgan fingerprint density at radius 1 is 1.19 bits per heavy atom. The molecule has 0 aromatic carbocycles. The summed E-state index contributed by atoms with van der Waals surface area (Å²) in [5, 5.41) is 6.90. The van der Waals surface area contributed by atoms with Gasteiger partial charge in [-0.25, -0.2) is 0 Å². The molecule has 7 nitrogen and oxygen atoms in total. The predicted octanol–water partition coefficient (Wildman–Crippen LogP) is 2.39. The number of nitrogens with zero attached hydrogens (tertiary/aromatic N) is 4. The molecule has 2 fully saturated rings. The molecule has 0 radical (unpaired) electrons. The van der Waals surface area contributed by atoms with Gasteiger partial charge in [-0.3, -0.25) is 0 Å². The first-order valence-corrected chi connectivity index (χ1v) is 9.99. The first-order chi connectivity index (χ1) is 12.5. The van der Waals surface area contributed by atoms with E-state index in [0.29, 0.717) is 17.1 Å². The van der Waals surface area contributed by atoms with E-state index in [-0.39, 0.29) is 6.04 Å². The molecule has 0 aliphatic carbocycles. The first-order valence-electron chi connectivity index (χ1n) is 9.59. The summed E-state index contributed by atoms with van der Waals surface area (Å²) in [5.74, 6) is 2.47. The van der Waals surface area contributed by atoms with Crippen molar-refractivity contribution in [2.45, 2.75) is 52.1 Å². The van der Waals surface area contributed by atoms with Gasteiger partial charge < -0.3 is 25.2 Å². The quantitative estimate of drug-likeness (QED) is 0.775. The number of hydrogen-bond donors (Lipinski definition) is 2. The summed E-state index contributed by atoms with van der Waals surface area (Å²) in [6.45, 7) is 10.6. The highest BCUT2D eigenvalue weighted by Gasteiger charge is 2.23. The Kier molecular flexibility index (Phi) is 6.48. The molecule has 2 N–H and O–H groups in total. The number of nitrogens with one attached hydrogen (secondary N) is 2. The Hall–Kier alpha value is -1.67. The molecular weight excluding hydrogens is 348 g/mol. The van der Waals surface area contributed by atoms with Crippen LogP contribution in [-0.4, -0.2) is 60.0 Å². The zero-order chi connectivity index (χ0) is 18.5. The number of thiocarbonyl (C=S) groups is 1. The molecule has 1 atom stereocenters. The molecule has 3 heterocycles. The molecule has 0 bridgehead atoms. The molecule has 26 heavy (non-hydrogen) atoms. The molecule has 8 heteroatoms. The van der Waals surface area contributed by atoms with E-state index in [9.17, 15) is 0 Å². The van der Waals surface area contributed by atoms with Crippen molar-refractivity contribution in [2.75, 3.05) is 48.0 Å². The number of morpholine rings is 1. The molecule has 1 aromatic heterocycles. The first kappa shape index (κ1) is 19.1. The molecule has 1 aromatic rings. The second kappa shape index (κ2) is 8.81. The maximum absolute atomic E-state index is 5.48. The van der Waals surface area contributed by atoms with Crippen molar-refractivity contribution in [3.63, 3.8) is 0 Å². The van der Waals surface area contributed by atoms with E-state index in [0.717, 1.165) is 44.5 Å². The van der Waals surface area contributed by atoms with Gasteiger partial charge in [0, 0.05) is 37.8 Å². The summed E-state index contributed by atoms with van der Waals surface area (Å²) >= 11 is 5.39. The van der Waals surface area contributed by atoms with E-state index in [1.54, 1.807) is 0 Å². The monoisotopic (exact) mass is 378 g/mol. The molecular formula is C18H30N6OS. The smallest absolute Gasteiger partial charge is 0.232 e. The van der Waals surface area contributed by atoms with Gasteiger partial charge in [0.15, 0.2) is 5.11 Å². The highest BCUT2D eigenvalue weighted by molar-refractivity contribution is 7.80. The Bertz CT molecular complexity index is 620. The number of ether oxygens (including phenoxy) is 1. The van der Waals surface area contributed by atoms with Gasteiger partial charge in [-0.15, -0.1) is 0 Å². The van der Waals surface area contributed by atoms with E-state index < -0.39 is 0 Å². The van der Waals surface area contributed by atoms with Crippen molar-refractivity contribution in [2.24, 2.45) is 0 Å². The van der Waals surface area contributed by atoms with Crippen LogP contribution in [0.25, 0.3) is 0 Å². The molecule has 0 spiro atoms. The number of rotatable bonds is 4. The minimum atomic E-state index is 0.263. The van der Waals surface area contributed by atoms with Crippen molar-refractivity contribution < 1.29 is 4.74 Å². The second-order valence-electron chi connectivity index (χ2n) is 7.30. The van der Waals surface area contributed by atoms with E-state index in [4.69, 9.17) is 26.9 Å². The van der Waals surface area contributed by atoms with E-state index in [2.05, 4.69) is 47.3 Å². The van der Waals surface area contributed by atoms with Crippen molar-refractivity contribution in [3.05, 3.63) is 6.07 Å². The van der Waals surface area contributed by atoms with Crippen LogP contribution in [0.1, 0.15) is 40.0 Å². The van der Waals surface area contributed by atoms with Crippen molar-refractivity contribution in [1.29, 1.82) is 0 Å². The van der Waals surface area contributed by atoms with Crippen LogP contribution in [0.3, 0.4) is 0 Å². The van der Waals surface area contributed by atoms with Gasteiger partial charge in [0.1, 0.15) is 11.6 Å². The SMILES string of the molecule is CC(C)NC(=S)Nc1nc(N2CCOCC2)cc(N2CCCC[C@H]2C)n1. The summed E-state index contributed by atoms with van der Waals surface area (Å²) in [6, 6.07) is 2.86. The number of aromatic nitrogens is 2. The lowest BCUT2D eigenvalue weighted by atomic mass is 10.0. The standard InChI is InChI=1S/C18H30N6OS/c1-13(2)19-18(26)22-17-20-15(23-8-10-25-11-9-23)12-16(21-17)24-7-5-4-6-14(24)3/h12-14H,4-11H2,1-3H3,(H2,19,20,21,22,26)/t14-/m1/s1. The normalized spacial score (nSPS) is 21.0. The minimum absolute atomic E-state index is 0.263. The molecule has 2 aliphatic heterocycles. The third-order valence-electron chi connectivity index (χ3n) is 4.78. The summed E-state index contributed by atoms with van der Waals surface area (Å²) in [5.41, 5.74) is 0. The topological polar surface area (TPSA) is 65.6 Å². The fourth-order valence-electron chi connectivity index (χ4n) is 3.42. The van der Waals surface area contributed by atoms with Crippen LogP contribution < -0.4 is 20.4 Å². The third kappa shape index (κ3) is 4.94. The number of anilines is 3. The molecule has 0 amide bonds. The maximum Gasteiger partial charge on any atom is 0.232 e. The lowest BCUT2D eigenvalue weighted by Gasteiger charge is -2.35. The highest BCUT2D eigenvalue weighted by Crippen LogP contribution is 2.27. The van der Waals surface area contributed by atoms with Crippen LogP contribution in [-0.2, 0) is 4.74 Å². The van der Waals surface area contributed by atoms with Gasteiger partial charge in [0.05, 0.1) is 13.2 Å². The summed E-state index contributed by atoms with van der Waals surface area (Å²) in [6.07, 6.45) is 3.69. The Balaban J connectivity index is 1.86. The average Bonchev–Trinajstić information content (AvgIpc) is 2.62. The van der Waals surface area contributed by atoms with Gasteiger partial charge in [-0.2, -0.15) is 9.97 Å². The third-order valence-corrected chi connectivity index (χ3v) is 5.00. The van der Waals surface area contributed by atoms with Crippen LogP contribution in [0.15, 0.2) is 6.07 Å². The van der Waals surface area contributed by atoms with Gasteiger partial charge >= 0.3 is 0 Å². The summed E-state index contributed by atoms with van der Waals surface area (Å²) < 4.78 is 5.48. The molecule has 0 saturated carbocycles. The van der Waals surface area contributed by atoms with Gasteiger partial charge in [0.25, 0.3) is 0 Å². The van der Waals surface area contributed by atoms with Crippen molar-refractivity contribution in [3.8, 4) is 0 Å². The molecule has 3 rings (SSSR count). The fourth-order valence-corrected chi connectivity index (χ4v) is 3.74. The van der Waals surface area contributed by atoms with Crippen LogP contribution in [0.2, 0.25) is 0 Å². The molecule has 144 valence electrons. The van der Waals surface area contributed by atoms with Crippen molar-refractivity contribution >= 4 is 34.9 Å². The Labute approximate surface area is 161 Å². The Morgan fingerprint density at radius 3 is 2.62 bits per heavy atom. The van der Waals surface area contributed by atoms with Crippen LogP contribution in [0, 0.1) is 0 Å². The van der Waals surface area contributed by atoms with E-state index >= 15 is 0 Å². The molecule has 0 unspecified atom stereocenters. The lowest BCUT2D eigenvalue weighted by Crippen LogP contribution is -2.40. The average molecular weight is 379 g/mol. The highest BCUT2D eigenvalue weighted by atomic mass is 32.1. The number of piperidine rings is 1. The lowest BCUT2D eigenvalue weighted by molar-refractivity contribution is 0.122. The fraction of sp³-hybridized carbons (Fsp3) is 0.722. The van der Waals surface area contributed by atoms with Crippen LogP contribution >= 0.6 is 12.2 Å². The van der Waals surface area contributed by atoms with Crippen LogP contribution in [0.5, 0.6) is 0 Å². The zero-order valence-electron chi connectivity index (χ0n) is 16.0. The van der Waals surface area contributed by atoms with Gasteiger partial charge in [-0.1, -0.05) is 0 Å². The van der Waals surface area contributed by atoms with Crippen LogP contribution in [0.4, 0.5) is 17.6 Å². The second-order valence-corrected chi connectivity index (χ2v) is 7.71. The molecule has 2 saturated heterocycles. The van der Waals surface area contributed by atoms with Gasteiger partial charge in [0.2, 0.25) is 5.95 Å². The summed E-state index contributed by atoms with van der Waals surface area (Å²) in [7, 11) is 0. The van der Waals surface area contributed by atoms with Gasteiger partial charge in [-0.05, 0) is 52.3 Å². The maximum atomic E-state index is 5.48. The van der Waals surface area contributed by atoms with E-state index in [1.165, 1.54) is 19.3 Å². The molecule has 2 aliphatic rings. The largest absolute Gasteiger partial charge is 0.378 e. The number of hydrogen-bond acceptors (Lipinski definition) is 6. The Morgan fingerprint density at radius 2 is 1.92 bits per heavy atom. The zero-order valence-corrected chi connectivity index (χ0v) is 16.8.